The molecule has 0 radical (unpaired) electrons. The molecule has 0 aromatic carbocycles. The van der Waals surface area contributed by atoms with Gasteiger partial charge in [0.25, 0.3) is 0 Å². The second kappa shape index (κ2) is 6.66. The van der Waals surface area contributed by atoms with E-state index in [-0.39, 0.29) is 0 Å². The Hall–Kier alpha value is -1.60. The van der Waals surface area contributed by atoms with Crippen molar-refractivity contribution >= 4 is 27.6 Å². The van der Waals surface area contributed by atoms with Crippen LogP contribution in [0.3, 0.4) is 0 Å². The fourth-order valence-electron chi connectivity index (χ4n) is 2.61. The van der Waals surface area contributed by atoms with E-state index in [1.54, 1.807) is 0 Å². The summed E-state index contributed by atoms with van der Waals surface area (Å²) in [7, 11) is 4.19. The molecule has 2 aliphatic rings. The molecule has 3 rings (SSSR count). The predicted molar refractivity (Wildman–Crippen MR) is 93.1 cm³/mol. The maximum Gasteiger partial charge on any atom is 0.153 e. The monoisotopic (exact) mass is 364 g/mol. The Bertz CT molecular complexity index is 574. The minimum absolute atomic E-state index is 0.778. The molecular weight excluding hydrogens is 344 g/mol. The molecule has 0 spiro atoms. The number of likely N-dealkylation sites (N-methyl/N-ethyl adjacent to an activating group) is 2. The van der Waals surface area contributed by atoms with Gasteiger partial charge in [0, 0.05) is 49.6 Å². The molecule has 0 saturated carbocycles. The van der Waals surface area contributed by atoms with Gasteiger partial charge in [-0.2, -0.15) is 0 Å². The predicted octanol–water partition coefficient (Wildman–Crippen LogP) is 1.71. The second-order valence-electron chi connectivity index (χ2n) is 5.79. The fraction of sp³-hybridized carbons (Fsp3) is 0.467. The van der Waals surface area contributed by atoms with Crippen LogP contribution in [0, 0.1) is 0 Å². The minimum Gasteiger partial charge on any atom is -0.374 e. The Morgan fingerprint density at radius 1 is 1.09 bits per heavy atom. The molecule has 118 valence electrons. The maximum atomic E-state index is 4.36. The topological polar surface area (TPSA) is 47.5 Å². The molecule has 0 aliphatic carbocycles. The zero-order valence-electron chi connectivity index (χ0n) is 13.0. The van der Waals surface area contributed by atoms with Gasteiger partial charge in [0.05, 0.1) is 6.54 Å². The summed E-state index contributed by atoms with van der Waals surface area (Å²) >= 11 is 3.51. The molecule has 0 amide bonds. The number of allylic oxidation sites excluding steroid dienone is 2. The highest BCUT2D eigenvalue weighted by Crippen LogP contribution is 2.19. The van der Waals surface area contributed by atoms with Gasteiger partial charge in [-0.15, -0.1) is 10.2 Å². The SMILES string of the molecule is CN1C=C(Br)C=C(Nc2ccc(N3CCN(C)CC3)nn2)C1. The highest BCUT2D eigenvalue weighted by atomic mass is 79.9. The van der Waals surface area contributed by atoms with Crippen molar-refractivity contribution in [3.63, 3.8) is 0 Å². The highest BCUT2D eigenvalue weighted by molar-refractivity contribution is 9.11. The van der Waals surface area contributed by atoms with E-state index in [0.717, 1.165) is 54.5 Å². The lowest BCUT2D eigenvalue weighted by Crippen LogP contribution is -2.44. The van der Waals surface area contributed by atoms with Gasteiger partial charge >= 0.3 is 0 Å². The number of halogens is 1. The van der Waals surface area contributed by atoms with Crippen molar-refractivity contribution in [1.82, 2.24) is 20.0 Å². The van der Waals surface area contributed by atoms with Gasteiger partial charge in [-0.25, -0.2) is 0 Å². The lowest BCUT2D eigenvalue weighted by Gasteiger charge is -2.32. The molecule has 6 nitrogen and oxygen atoms in total. The molecule has 1 saturated heterocycles. The number of nitrogens with zero attached hydrogens (tertiary/aromatic N) is 5. The van der Waals surface area contributed by atoms with Crippen LogP contribution < -0.4 is 10.2 Å². The first kappa shape index (κ1) is 15.3. The molecule has 1 N–H and O–H groups in total. The van der Waals surface area contributed by atoms with Crippen LogP contribution in [0.25, 0.3) is 0 Å². The van der Waals surface area contributed by atoms with Crippen molar-refractivity contribution in [2.45, 2.75) is 0 Å². The van der Waals surface area contributed by atoms with Crippen molar-refractivity contribution in [3.8, 4) is 0 Å². The first-order valence-electron chi connectivity index (χ1n) is 7.42. The standard InChI is InChI=1S/C15H21BrN6/c1-20-5-7-22(8-6-20)15-4-3-14(18-19-15)17-13-9-12(16)10-21(2)11-13/h3-4,9-10H,5-8,11H2,1-2H3,(H,17,18). The van der Waals surface area contributed by atoms with Gasteiger partial charge in [0.15, 0.2) is 11.6 Å². The summed E-state index contributed by atoms with van der Waals surface area (Å²) in [5.74, 6) is 1.73. The molecule has 1 fully saturated rings. The maximum absolute atomic E-state index is 4.36. The smallest absolute Gasteiger partial charge is 0.153 e. The van der Waals surface area contributed by atoms with Crippen molar-refractivity contribution in [3.05, 3.63) is 34.6 Å². The van der Waals surface area contributed by atoms with Crippen LogP contribution in [0.5, 0.6) is 0 Å². The number of nitrogens with one attached hydrogen (secondary N) is 1. The third kappa shape index (κ3) is 3.78. The zero-order chi connectivity index (χ0) is 15.5. The number of hydrogen-bond donors (Lipinski definition) is 1. The van der Waals surface area contributed by atoms with Gasteiger partial charge in [0.2, 0.25) is 0 Å². The van der Waals surface area contributed by atoms with E-state index in [9.17, 15) is 0 Å². The van der Waals surface area contributed by atoms with Crippen LogP contribution in [0.15, 0.2) is 34.6 Å². The van der Waals surface area contributed by atoms with E-state index >= 15 is 0 Å². The van der Waals surface area contributed by atoms with Gasteiger partial charge < -0.3 is 20.0 Å². The first-order valence-corrected chi connectivity index (χ1v) is 8.22. The van der Waals surface area contributed by atoms with Crippen LogP contribution in [-0.4, -0.2) is 66.8 Å². The minimum atomic E-state index is 0.778. The van der Waals surface area contributed by atoms with E-state index in [4.69, 9.17) is 0 Å². The first-order chi connectivity index (χ1) is 10.6. The summed E-state index contributed by atoms with van der Waals surface area (Å²) in [4.78, 5) is 6.72. The number of rotatable bonds is 3. The Labute approximate surface area is 139 Å². The number of anilines is 2. The third-order valence-corrected chi connectivity index (χ3v) is 4.28. The fourth-order valence-corrected chi connectivity index (χ4v) is 3.24. The Balaban J connectivity index is 1.63. The quantitative estimate of drug-likeness (QED) is 0.880. The average Bonchev–Trinajstić information content (AvgIpc) is 2.48. The molecule has 7 heteroatoms. The van der Waals surface area contributed by atoms with Crippen molar-refractivity contribution in [1.29, 1.82) is 0 Å². The van der Waals surface area contributed by atoms with Gasteiger partial charge in [-0.3, -0.25) is 0 Å². The van der Waals surface area contributed by atoms with Crippen LogP contribution in [-0.2, 0) is 0 Å². The summed E-state index contributed by atoms with van der Waals surface area (Å²) in [6.07, 6.45) is 4.11. The van der Waals surface area contributed by atoms with Gasteiger partial charge in [-0.1, -0.05) is 0 Å². The summed E-state index contributed by atoms with van der Waals surface area (Å²) in [5.41, 5.74) is 1.10. The highest BCUT2D eigenvalue weighted by Gasteiger charge is 2.16. The molecule has 1 aromatic rings. The van der Waals surface area contributed by atoms with Crippen LogP contribution in [0.1, 0.15) is 0 Å². The molecule has 22 heavy (non-hydrogen) atoms. The summed E-state index contributed by atoms with van der Waals surface area (Å²) in [6, 6.07) is 4.03. The summed E-state index contributed by atoms with van der Waals surface area (Å²) in [6.45, 7) is 4.98. The Kier molecular flexibility index (Phi) is 4.63. The van der Waals surface area contributed by atoms with Crippen molar-refractivity contribution in [2.24, 2.45) is 0 Å². The van der Waals surface area contributed by atoms with E-state index < -0.39 is 0 Å². The van der Waals surface area contributed by atoms with Crippen LogP contribution in [0.4, 0.5) is 11.6 Å². The number of aromatic nitrogens is 2. The molecule has 2 aliphatic heterocycles. The second-order valence-corrected chi connectivity index (χ2v) is 6.71. The molecular formula is C15H21BrN6. The number of piperazine rings is 1. The molecule has 0 unspecified atom stereocenters. The van der Waals surface area contributed by atoms with Crippen LogP contribution >= 0.6 is 15.9 Å². The van der Waals surface area contributed by atoms with Gasteiger partial charge in [0.1, 0.15) is 0 Å². The third-order valence-electron chi connectivity index (χ3n) is 3.84. The summed E-state index contributed by atoms with van der Waals surface area (Å²) < 4.78 is 1.05. The van der Waals surface area contributed by atoms with E-state index in [2.05, 4.69) is 59.3 Å². The normalized spacial score (nSPS) is 19.8. The lowest BCUT2D eigenvalue weighted by molar-refractivity contribution is 0.312. The summed E-state index contributed by atoms with van der Waals surface area (Å²) in [5, 5.41) is 12.0. The largest absolute Gasteiger partial charge is 0.374 e. The van der Waals surface area contributed by atoms with E-state index in [0.29, 0.717) is 0 Å². The Morgan fingerprint density at radius 3 is 2.50 bits per heavy atom. The average molecular weight is 365 g/mol. The van der Waals surface area contributed by atoms with Crippen LogP contribution in [0.2, 0.25) is 0 Å². The van der Waals surface area contributed by atoms with Gasteiger partial charge in [-0.05, 0) is 41.2 Å². The zero-order valence-corrected chi connectivity index (χ0v) is 14.5. The Morgan fingerprint density at radius 2 is 1.86 bits per heavy atom. The molecule has 3 heterocycles. The molecule has 0 atom stereocenters. The lowest BCUT2D eigenvalue weighted by atomic mass is 10.3. The number of hydrogen-bond acceptors (Lipinski definition) is 6. The van der Waals surface area contributed by atoms with E-state index in [1.165, 1.54) is 0 Å². The van der Waals surface area contributed by atoms with E-state index in [1.807, 2.05) is 25.4 Å². The van der Waals surface area contributed by atoms with Crippen molar-refractivity contribution < 1.29 is 0 Å². The molecule has 0 bridgehead atoms. The van der Waals surface area contributed by atoms with Crippen molar-refractivity contribution in [2.75, 3.05) is 57.0 Å². The molecule has 1 aromatic heterocycles.